The van der Waals surface area contributed by atoms with Crippen molar-refractivity contribution in [1.82, 2.24) is 15.0 Å². The van der Waals surface area contributed by atoms with Crippen LogP contribution < -0.4 is 0 Å². The molecule has 12 heavy (non-hydrogen) atoms. The summed E-state index contributed by atoms with van der Waals surface area (Å²) in [6, 6.07) is 0. The molecule has 0 aliphatic carbocycles. The molecule has 0 fully saturated rings. The van der Waals surface area contributed by atoms with Gasteiger partial charge in [-0.15, -0.1) is 0 Å². The second kappa shape index (κ2) is 3.10. The molecule has 3 nitrogen and oxygen atoms in total. The molecule has 0 unspecified atom stereocenters. The van der Waals surface area contributed by atoms with Crippen LogP contribution in [0.2, 0.25) is 5.15 Å². The van der Waals surface area contributed by atoms with E-state index in [9.17, 15) is 0 Å². The molecule has 0 aliphatic rings. The predicted octanol–water partition coefficient (Wildman–Crippen LogP) is 2.28. The van der Waals surface area contributed by atoms with Gasteiger partial charge in [0.1, 0.15) is 11.5 Å². The molecule has 2 aromatic rings. The van der Waals surface area contributed by atoms with Gasteiger partial charge in [-0.1, -0.05) is 11.6 Å². The van der Waals surface area contributed by atoms with Crippen molar-refractivity contribution in [3.05, 3.63) is 27.4 Å². The molecule has 0 atom stereocenters. The van der Waals surface area contributed by atoms with Crippen LogP contribution in [0.3, 0.4) is 0 Å². The third-order valence-electron chi connectivity index (χ3n) is 1.45. The van der Waals surface area contributed by atoms with Crippen LogP contribution in [0, 0.1) is 3.57 Å². The van der Waals surface area contributed by atoms with E-state index in [2.05, 4.69) is 37.5 Å². The van der Waals surface area contributed by atoms with Gasteiger partial charge in [0.05, 0.1) is 14.5 Å². The molecule has 60 valence electrons. The fraction of sp³-hybridized carbons (Fsp3) is 0. The number of hydrogen-bond acceptors (Lipinski definition) is 3. The van der Waals surface area contributed by atoms with Gasteiger partial charge in [0.25, 0.3) is 0 Å². The molecule has 2 rings (SSSR count). The van der Waals surface area contributed by atoms with E-state index in [0.717, 1.165) is 14.5 Å². The first kappa shape index (κ1) is 8.12. The van der Waals surface area contributed by atoms with Crippen LogP contribution in [-0.2, 0) is 0 Å². The van der Waals surface area contributed by atoms with Crippen molar-refractivity contribution in [3.8, 4) is 0 Å². The number of fused-ring (bicyclic) bond motifs is 1. The molecular formula is C7H3ClIN3. The average Bonchev–Trinajstić information content (AvgIpc) is 2.12. The molecule has 0 amide bonds. The Labute approximate surface area is 87.3 Å². The molecule has 0 saturated heterocycles. The van der Waals surface area contributed by atoms with Gasteiger partial charge in [-0.2, -0.15) is 0 Å². The van der Waals surface area contributed by atoms with E-state index in [1.807, 2.05) is 0 Å². The maximum absolute atomic E-state index is 5.83. The molecule has 5 heteroatoms. The lowest BCUT2D eigenvalue weighted by atomic mass is 10.3. The van der Waals surface area contributed by atoms with Crippen LogP contribution in [-0.4, -0.2) is 15.0 Å². The molecule has 0 radical (unpaired) electrons. The topological polar surface area (TPSA) is 38.7 Å². The Morgan fingerprint density at radius 3 is 2.83 bits per heavy atom. The van der Waals surface area contributed by atoms with Crippen LogP contribution in [0.25, 0.3) is 10.9 Å². The number of nitrogens with zero attached hydrogens (tertiary/aromatic N) is 3. The SMILES string of the molecule is Clc1ncc(I)c2ncncc12. The van der Waals surface area contributed by atoms with E-state index < -0.39 is 0 Å². The summed E-state index contributed by atoms with van der Waals surface area (Å²) in [7, 11) is 0. The van der Waals surface area contributed by atoms with E-state index in [1.165, 1.54) is 6.33 Å². The first-order valence-corrected chi connectivity index (χ1v) is 4.64. The predicted molar refractivity (Wildman–Crippen MR) is 55.1 cm³/mol. The Hall–Kier alpha value is -0.490. The third kappa shape index (κ3) is 1.25. The van der Waals surface area contributed by atoms with Crippen molar-refractivity contribution in [2.75, 3.05) is 0 Å². The smallest absolute Gasteiger partial charge is 0.140 e. The largest absolute Gasteiger partial charge is 0.244 e. The van der Waals surface area contributed by atoms with Crippen LogP contribution >= 0.6 is 34.2 Å². The summed E-state index contributed by atoms with van der Waals surface area (Å²) in [6.45, 7) is 0. The summed E-state index contributed by atoms with van der Waals surface area (Å²) in [5.41, 5.74) is 0.852. The molecule has 0 N–H and O–H groups in total. The van der Waals surface area contributed by atoms with Crippen molar-refractivity contribution < 1.29 is 0 Å². The summed E-state index contributed by atoms with van der Waals surface area (Å²) >= 11 is 8.00. The van der Waals surface area contributed by atoms with E-state index >= 15 is 0 Å². The Morgan fingerprint density at radius 1 is 1.25 bits per heavy atom. The van der Waals surface area contributed by atoms with Gasteiger partial charge in [-0.05, 0) is 22.6 Å². The number of pyridine rings is 1. The number of rotatable bonds is 0. The summed E-state index contributed by atoms with van der Waals surface area (Å²) in [5, 5.41) is 1.25. The molecule has 0 bridgehead atoms. The Morgan fingerprint density at radius 2 is 2.08 bits per heavy atom. The van der Waals surface area contributed by atoms with Crippen LogP contribution in [0.1, 0.15) is 0 Å². The number of hydrogen-bond donors (Lipinski definition) is 0. The second-order valence-electron chi connectivity index (χ2n) is 2.18. The molecule has 0 saturated carbocycles. The highest BCUT2D eigenvalue weighted by atomic mass is 127. The zero-order valence-corrected chi connectivity index (χ0v) is 8.74. The third-order valence-corrected chi connectivity index (χ3v) is 2.54. The Kier molecular flexibility index (Phi) is 2.10. The zero-order chi connectivity index (χ0) is 8.55. The van der Waals surface area contributed by atoms with Crippen LogP contribution in [0.4, 0.5) is 0 Å². The van der Waals surface area contributed by atoms with Gasteiger partial charge in [-0.3, -0.25) is 0 Å². The molecular weight excluding hydrogens is 288 g/mol. The molecule has 0 aliphatic heterocycles. The summed E-state index contributed by atoms with van der Waals surface area (Å²) in [4.78, 5) is 12.0. The Bertz CT molecular complexity index is 391. The fourth-order valence-electron chi connectivity index (χ4n) is 0.915. The quantitative estimate of drug-likeness (QED) is 0.552. The van der Waals surface area contributed by atoms with Gasteiger partial charge in [0.15, 0.2) is 0 Å². The van der Waals surface area contributed by atoms with Crippen molar-refractivity contribution in [3.63, 3.8) is 0 Å². The van der Waals surface area contributed by atoms with E-state index in [1.54, 1.807) is 12.4 Å². The monoisotopic (exact) mass is 291 g/mol. The minimum Gasteiger partial charge on any atom is -0.244 e. The van der Waals surface area contributed by atoms with Gasteiger partial charge in [-0.25, -0.2) is 15.0 Å². The van der Waals surface area contributed by atoms with Crippen molar-refractivity contribution in [2.45, 2.75) is 0 Å². The van der Waals surface area contributed by atoms with Gasteiger partial charge in [0, 0.05) is 12.4 Å². The summed E-state index contributed by atoms with van der Waals surface area (Å²) in [6.07, 6.45) is 4.86. The lowest BCUT2D eigenvalue weighted by molar-refractivity contribution is 1.20. The maximum Gasteiger partial charge on any atom is 0.140 e. The summed E-state index contributed by atoms with van der Waals surface area (Å²) < 4.78 is 0.981. The summed E-state index contributed by atoms with van der Waals surface area (Å²) in [5.74, 6) is 0. The van der Waals surface area contributed by atoms with E-state index in [-0.39, 0.29) is 0 Å². The van der Waals surface area contributed by atoms with Crippen LogP contribution in [0.15, 0.2) is 18.7 Å². The first-order chi connectivity index (χ1) is 5.79. The first-order valence-electron chi connectivity index (χ1n) is 3.19. The highest BCUT2D eigenvalue weighted by Crippen LogP contribution is 2.21. The Balaban J connectivity index is 2.95. The molecule has 2 heterocycles. The fourth-order valence-corrected chi connectivity index (χ4v) is 1.67. The van der Waals surface area contributed by atoms with Crippen LogP contribution in [0.5, 0.6) is 0 Å². The van der Waals surface area contributed by atoms with Crippen molar-refractivity contribution in [1.29, 1.82) is 0 Å². The number of aromatic nitrogens is 3. The van der Waals surface area contributed by atoms with E-state index in [4.69, 9.17) is 11.6 Å². The van der Waals surface area contributed by atoms with Crippen molar-refractivity contribution in [2.24, 2.45) is 0 Å². The number of halogens is 2. The highest BCUT2D eigenvalue weighted by molar-refractivity contribution is 14.1. The maximum atomic E-state index is 5.83. The standard InChI is InChI=1S/C7H3ClIN3/c8-7-4-1-10-3-12-6(4)5(9)2-11-7/h1-3H. The van der Waals surface area contributed by atoms with Gasteiger partial charge < -0.3 is 0 Å². The van der Waals surface area contributed by atoms with Gasteiger partial charge >= 0.3 is 0 Å². The van der Waals surface area contributed by atoms with E-state index in [0.29, 0.717) is 5.15 Å². The molecule has 0 aromatic carbocycles. The van der Waals surface area contributed by atoms with Crippen molar-refractivity contribution >= 4 is 45.1 Å². The zero-order valence-electron chi connectivity index (χ0n) is 5.83. The normalized spacial score (nSPS) is 10.5. The second-order valence-corrected chi connectivity index (χ2v) is 3.70. The minimum absolute atomic E-state index is 0.450. The van der Waals surface area contributed by atoms with Gasteiger partial charge in [0.2, 0.25) is 0 Å². The molecule has 0 spiro atoms. The lowest BCUT2D eigenvalue weighted by Crippen LogP contribution is -1.87. The minimum atomic E-state index is 0.450. The average molecular weight is 291 g/mol. The molecule has 2 aromatic heterocycles. The lowest BCUT2D eigenvalue weighted by Gasteiger charge is -1.98. The highest BCUT2D eigenvalue weighted by Gasteiger charge is 2.03.